The fourth-order valence-electron chi connectivity index (χ4n) is 3.15. The second kappa shape index (κ2) is 13.2. The van der Waals surface area contributed by atoms with E-state index < -0.39 is 17.9 Å². The minimum absolute atomic E-state index is 0.0688. The number of nitrogens with zero attached hydrogens (tertiary/aromatic N) is 4. The van der Waals surface area contributed by atoms with Crippen LogP contribution >= 0.6 is 0 Å². The number of rotatable bonds is 9. The van der Waals surface area contributed by atoms with Gasteiger partial charge in [0, 0.05) is 58.8 Å². The molecule has 0 aromatic rings. The quantitative estimate of drug-likeness (QED) is 0.402. The Morgan fingerprint density at radius 1 is 0.552 bits per heavy atom. The van der Waals surface area contributed by atoms with Gasteiger partial charge in [0.25, 0.3) is 0 Å². The van der Waals surface area contributed by atoms with Gasteiger partial charge in [0.2, 0.25) is 0 Å². The maximum atomic E-state index is 11.9. The second-order valence-electron chi connectivity index (χ2n) is 7.18. The molecule has 0 saturated carbocycles. The van der Waals surface area contributed by atoms with Gasteiger partial charge in [-0.25, -0.2) is 0 Å². The number of ketones is 1. The Balaban J connectivity index is 2.92. The maximum Gasteiger partial charge on any atom is 0.317 e. The first-order valence-electron chi connectivity index (χ1n) is 9.76. The Labute approximate surface area is 170 Å². The summed E-state index contributed by atoms with van der Waals surface area (Å²) in [6.07, 6.45) is 0.401. The lowest BCUT2D eigenvalue weighted by molar-refractivity contribution is -0.140. The summed E-state index contributed by atoms with van der Waals surface area (Å²) in [4.78, 5) is 52.5. The topological polar surface area (TPSA) is 142 Å². The van der Waals surface area contributed by atoms with Crippen LogP contribution in [0.1, 0.15) is 13.3 Å². The highest BCUT2D eigenvalue weighted by atomic mass is 16.4. The molecule has 0 aliphatic carbocycles. The predicted octanol–water partition coefficient (Wildman–Crippen LogP) is -1.56. The van der Waals surface area contributed by atoms with Crippen molar-refractivity contribution in [1.82, 2.24) is 19.6 Å². The zero-order valence-corrected chi connectivity index (χ0v) is 17.0. The van der Waals surface area contributed by atoms with Crippen LogP contribution in [0.25, 0.3) is 0 Å². The van der Waals surface area contributed by atoms with Gasteiger partial charge in [-0.1, -0.05) is 6.92 Å². The molecule has 0 spiro atoms. The van der Waals surface area contributed by atoms with E-state index in [2.05, 4.69) is 0 Å². The Morgan fingerprint density at radius 3 is 1.00 bits per heavy atom. The molecular formula is C18H32N4O7. The Bertz CT molecular complexity index is 540. The monoisotopic (exact) mass is 416 g/mol. The summed E-state index contributed by atoms with van der Waals surface area (Å²) in [6, 6.07) is 0. The van der Waals surface area contributed by atoms with Crippen LogP contribution in [0.5, 0.6) is 0 Å². The van der Waals surface area contributed by atoms with Crippen molar-refractivity contribution in [2.24, 2.45) is 0 Å². The van der Waals surface area contributed by atoms with E-state index in [0.717, 1.165) is 0 Å². The van der Waals surface area contributed by atoms with Gasteiger partial charge in [0.15, 0.2) is 0 Å². The maximum absolute atomic E-state index is 11.9. The number of carboxylic acid groups (broad SMARTS) is 3. The number of Topliss-reactive ketones (excluding diaryl/α,β-unsaturated/α-hetero) is 1. The Kier molecular flexibility index (Phi) is 11.4. The number of carboxylic acids is 3. The van der Waals surface area contributed by atoms with Crippen molar-refractivity contribution in [3.05, 3.63) is 0 Å². The Morgan fingerprint density at radius 2 is 0.793 bits per heavy atom. The molecule has 0 aromatic heterocycles. The molecule has 11 nitrogen and oxygen atoms in total. The minimum atomic E-state index is -0.990. The average molecular weight is 416 g/mol. The van der Waals surface area contributed by atoms with Gasteiger partial charge in [-0.05, 0) is 0 Å². The highest BCUT2D eigenvalue weighted by Crippen LogP contribution is 2.02. The fourth-order valence-corrected chi connectivity index (χ4v) is 3.15. The molecule has 166 valence electrons. The summed E-state index contributed by atoms with van der Waals surface area (Å²) >= 11 is 0. The molecule has 0 unspecified atom stereocenters. The van der Waals surface area contributed by atoms with Gasteiger partial charge in [0.1, 0.15) is 5.78 Å². The van der Waals surface area contributed by atoms with Crippen LogP contribution in [0.3, 0.4) is 0 Å². The summed E-state index contributed by atoms with van der Waals surface area (Å²) < 4.78 is 0. The highest BCUT2D eigenvalue weighted by Gasteiger charge is 2.20. The van der Waals surface area contributed by atoms with Crippen molar-refractivity contribution in [2.75, 3.05) is 78.5 Å². The number of hydrogen-bond acceptors (Lipinski definition) is 8. The first-order chi connectivity index (χ1) is 13.7. The van der Waals surface area contributed by atoms with Crippen LogP contribution in [0.2, 0.25) is 0 Å². The van der Waals surface area contributed by atoms with Gasteiger partial charge in [-0.2, -0.15) is 0 Å². The van der Waals surface area contributed by atoms with E-state index in [9.17, 15) is 19.2 Å². The van der Waals surface area contributed by atoms with Crippen molar-refractivity contribution < 1.29 is 34.5 Å². The zero-order valence-electron chi connectivity index (χ0n) is 17.0. The summed E-state index contributed by atoms with van der Waals surface area (Å²) in [5, 5.41) is 27.4. The third kappa shape index (κ3) is 11.5. The van der Waals surface area contributed by atoms with Crippen LogP contribution in [0.4, 0.5) is 0 Å². The van der Waals surface area contributed by atoms with Crippen LogP contribution in [-0.4, -0.2) is 137 Å². The van der Waals surface area contributed by atoms with Gasteiger partial charge in [-0.15, -0.1) is 0 Å². The summed E-state index contributed by atoms with van der Waals surface area (Å²) in [7, 11) is 0. The molecule has 1 heterocycles. The van der Waals surface area contributed by atoms with E-state index in [1.54, 1.807) is 21.6 Å². The Hall–Kier alpha value is -2.08. The fraction of sp³-hybridized carbons (Fsp3) is 0.778. The lowest BCUT2D eigenvalue weighted by Gasteiger charge is -2.32. The minimum Gasteiger partial charge on any atom is -0.480 e. The second-order valence-corrected chi connectivity index (χ2v) is 7.18. The first-order valence-corrected chi connectivity index (χ1v) is 9.76. The lowest BCUT2D eigenvalue weighted by atomic mass is 10.2. The number of carbonyl (C=O) groups is 4. The average Bonchev–Trinajstić information content (AvgIpc) is 2.62. The van der Waals surface area contributed by atoms with Crippen molar-refractivity contribution in [3.63, 3.8) is 0 Å². The van der Waals surface area contributed by atoms with E-state index >= 15 is 0 Å². The van der Waals surface area contributed by atoms with Gasteiger partial charge >= 0.3 is 17.9 Å². The zero-order chi connectivity index (χ0) is 21.8. The van der Waals surface area contributed by atoms with Crippen molar-refractivity contribution >= 4 is 23.7 Å². The number of aliphatic carboxylic acids is 3. The van der Waals surface area contributed by atoms with Crippen LogP contribution in [0, 0.1) is 0 Å². The molecule has 0 aromatic carbocycles. The molecule has 29 heavy (non-hydrogen) atoms. The molecule has 0 atom stereocenters. The van der Waals surface area contributed by atoms with Crippen molar-refractivity contribution in [2.45, 2.75) is 13.3 Å². The van der Waals surface area contributed by atoms with E-state index in [1.807, 2.05) is 4.90 Å². The molecule has 1 fully saturated rings. The molecule has 0 radical (unpaired) electrons. The lowest BCUT2D eigenvalue weighted by Crippen LogP contribution is -2.49. The molecule has 1 aliphatic rings. The molecule has 11 heteroatoms. The molecule has 1 saturated heterocycles. The van der Waals surface area contributed by atoms with Crippen LogP contribution in [0.15, 0.2) is 0 Å². The summed E-state index contributed by atoms with van der Waals surface area (Å²) in [5.74, 6) is -2.85. The van der Waals surface area contributed by atoms with Crippen molar-refractivity contribution in [1.29, 1.82) is 0 Å². The predicted molar refractivity (Wildman–Crippen MR) is 104 cm³/mol. The standard InChI is InChI=1S/C18H32N4O7/c1-2-15(23)11-19-3-5-20(12-16(24)25)7-9-22(14-18(28)29)10-8-21(6-4-19)13-17(26)27/h2-14H2,1H3,(H,24,25)(H,26,27)(H,28,29). The first kappa shape index (κ1) is 25.0. The molecule has 3 N–H and O–H groups in total. The summed E-state index contributed by atoms with van der Waals surface area (Å²) in [5.41, 5.74) is 0. The molecule has 1 aliphatic heterocycles. The van der Waals surface area contributed by atoms with E-state index in [4.69, 9.17) is 15.3 Å². The largest absolute Gasteiger partial charge is 0.480 e. The van der Waals surface area contributed by atoms with E-state index in [0.29, 0.717) is 58.8 Å². The third-order valence-electron chi connectivity index (χ3n) is 4.80. The number of carbonyl (C=O) groups excluding carboxylic acids is 1. The summed E-state index contributed by atoms with van der Waals surface area (Å²) in [6.45, 7) is 4.73. The van der Waals surface area contributed by atoms with Crippen LogP contribution < -0.4 is 0 Å². The van der Waals surface area contributed by atoms with Crippen molar-refractivity contribution in [3.8, 4) is 0 Å². The van der Waals surface area contributed by atoms with E-state index in [-0.39, 0.29) is 32.0 Å². The highest BCUT2D eigenvalue weighted by molar-refractivity contribution is 5.80. The molecular weight excluding hydrogens is 384 g/mol. The molecule has 1 rings (SSSR count). The van der Waals surface area contributed by atoms with Crippen LogP contribution in [-0.2, 0) is 19.2 Å². The normalized spacial score (nSPS) is 19.2. The molecule has 0 bridgehead atoms. The third-order valence-corrected chi connectivity index (χ3v) is 4.80. The van der Waals surface area contributed by atoms with Gasteiger partial charge < -0.3 is 15.3 Å². The molecule has 0 amide bonds. The van der Waals surface area contributed by atoms with E-state index in [1.165, 1.54) is 0 Å². The van der Waals surface area contributed by atoms with Gasteiger partial charge in [-0.3, -0.25) is 38.8 Å². The SMILES string of the molecule is CCC(=O)CN1CCN(CC(=O)O)CCN(CC(=O)O)CCN(CC(=O)O)CC1. The van der Waals surface area contributed by atoms with Gasteiger partial charge in [0.05, 0.1) is 26.2 Å². The smallest absolute Gasteiger partial charge is 0.317 e. The number of hydrogen-bond donors (Lipinski definition) is 3.